The van der Waals surface area contributed by atoms with E-state index in [2.05, 4.69) is 5.32 Å². The summed E-state index contributed by atoms with van der Waals surface area (Å²) in [6, 6.07) is 3.69. The molecule has 5 nitrogen and oxygen atoms in total. The van der Waals surface area contributed by atoms with E-state index in [4.69, 9.17) is 14.6 Å². The maximum Gasteiger partial charge on any atom is 0.122 e. The number of aliphatic hydroxyl groups excluding tert-OH is 2. The second-order valence-electron chi connectivity index (χ2n) is 4.69. The number of benzene rings is 1. The Hall–Kier alpha value is -1.01. The third kappa shape index (κ3) is 3.35. The SMILES string of the molecule is COc1ccc(OC)c2c1C[C@H](NCCO)[C@@H](O)C2.Cl. The van der Waals surface area contributed by atoms with E-state index in [0.717, 1.165) is 22.6 Å². The number of fused-ring (bicyclic) bond motifs is 1. The zero-order valence-electron chi connectivity index (χ0n) is 11.8. The highest BCUT2D eigenvalue weighted by Crippen LogP contribution is 2.36. The first-order valence-electron chi connectivity index (χ1n) is 6.46. The van der Waals surface area contributed by atoms with Gasteiger partial charge in [0.25, 0.3) is 0 Å². The van der Waals surface area contributed by atoms with Crippen LogP contribution < -0.4 is 14.8 Å². The van der Waals surface area contributed by atoms with E-state index in [-0.39, 0.29) is 25.1 Å². The summed E-state index contributed by atoms with van der Waals surface area (Å²) in [5.74, 6) is 1.61. The van der Waals surface area contributed by atoms with Gasteiger partial charge in [-0.05, 0) is 18.6 Å². The van der Waals surface area contributed by atoms with Crippen molar-refractivity contribution in [1.82, 2.24) is 5.32 Å². The molecule has 0 unspecified atom stereocenters. The van der Waals surface area contributed by atoms with Gasteiger partial charge in [0.1, 0.15) is 11.5 Å². The highest BCUT2D eigenvalue weighted by Gasteiger charge is 2.30. The molecule has 3 N–H and O–H groups in total. The Balaban J connectivity index is 0.00000200. The van der Waals surface area contributed by atoms with Crippen LogP contribution in [0.3, 0.4) is 0 Å². The summed E-state index contributed by atoms with van der Waals surface area (Å²) >= 11 is 0. The summed E-state index contributed by atoms with van der Waals surface area (Å²) in [5, 5.41) is 22.2. The molecule has 6 heteroatoms. The largest absolute Gasteiger partial charge is 0.496 e. The quantitative estimate of drug-likeness (QED) is 0.740. The summed E-state index contributed by atoms with van der Waals surface area (Å²) in [5.41, 5.74) is 2.08. The number of nitrogens with one attached hydrogen (secondary N) is 1. The third-order valence-electron chi connectivity index (χ3n) is 3.61. The fraction of sp³-hybridized carbons (Fsp3) is 0.571. The Morgan fingerprint density at radius 3 is 2.20 bits per heavy atom. The minimum Gasteiger partial charge on any atom is -0.496 e. The molecule has 114 valence electrons. The molecule has 20 heavy (non-hydrogen) atoms. The van der Waals surface area contributed by atoms with Crippen molar-refractivity contribution in [3.63, 3.8) is 0 Å². The van der Waals surface area contributed by atoms with Crippen LogP contribution in [-0.4, -0.2) is 49.7 Å². The maximum atomic E-state index is 10.2. The van der Waals surface area contributed by atoms with Crippen molar-refractivity contribution in [2.24, 2.45) is 0 Å². The Kier molecular flexibility index (Phi) is 6.55. The third-order valence-corrected chi connectivity index (χ3v) is 3.61. The van der Waals surface area contributed by atoms with Gasteiger partial charge in [0, 0.05) is 30.1 Å². The van der Waals surface area contributed by atoms with Gasteiger partial charge in [0.05, 0.1) is 26.9 Å². The van der Waals surface area contributed by atoms with E-state index in [1.165, 1.54) is 0 Å². The van der Waals surface area contributed by atoms with Gasteiger partial charge >= 0.3 is 0 Å². The van der Waals surface area contributed by atoms with Crippen LogP contribution in [-0.2, 0) is 12.8 Å². The Labute approximate surface area is 125 Å². The molecule has 0 spiro atoms. The number of rotatable bonds is 5. The predicted molar refractivity (Wildman–Crippen MR) is 79.1 cm³/mol. The molecule has 2 atom stereocenters. The number of methoxy groups -OCH3 is 2. The lowest BCUT2D eigenvalue weighted by atomic mass is 9.85. The Morgan fingerprint density at radius 1 is 1.15 bits per heavy atom. The average Bonchev–Trinajstić information content (AvgIpc) is 2.44. The highest BCUT2D eigenvalue weighted by molar-refractivity contribution is 5.85. The lowest BCUT2D eigenvalue weighted by Crippen LogP contribution is -2.46. The molecule has 0 bridgehead atoms. The molecule has 0 saturated heterocycles. The van der Waals surface area contributed by atoms with Crippen LogP contribution in [0.25, 0.3) is 0 Å². The summed E-state index contributed by atoms with van der Waals surface area (Å²) < 4.78 is 10.7. The van der Waals surface area contributed by atoms with Crippen LogP contribution in [0.2, 0.25) is 0 Å². The number of hydrogen-bond acceptors (Lipinski definition) is 5. The van der Waals surface area contributed by atoms with E-state index in [9.17, 15) is 5.11 Å². The van der Waals surface area contributed by atoms with Gasteiger partial charge in [-0.15, -0.1) is 12.4 Å². The number of ether oxygens (including phenoxy) is 2. The molecule has 1 aromatic carbocycles. The van der Waals surface area contributed by atoms with Crippen LogP contribution in [0.1, 0.15) is 11.1 Å². The fourth-order valence-corrected chi connectivity index (χ4v) is 2.65. The predicted octanol–water partition coefficient (Wildman–Crippen LogP) is 0.536. The minimum absolute atomic E-state index is 0. The highest BCUT2D eigenvalue weighted by atomic mass is 35.5. The van der Waals surface area contributed by atoms with Gasteiger partial charge in [-0.1, -0.05) is 0 Å². The van der Waals surface area contributed by atoms with Crippen molar-refractivity contribution >= 4 is 12.4 Å². The van der Waals surface area contributed by atoms with Gasteiger partial charge in [-0.2, -0.15) is 0 Å². The molecule has 0 aliphatic heterocycles. The zero-order valence-corrected chi connectivity index (χ0v) is 12.6. The van der Waals surface area contributed by atoms with E-state index in [0.29, 0.717) is 19.4 Å². The molecule has 1 aliphatic carbocycles. The summed E-state index contributed by atoms with van der Waals surface area (Å²) in [4.78, 5) is 0. The average molecular weight is 304 g/mol. The molecular formula is C14H22ClNO4. The van der Waals surface area contributed by atoms with Crippen LogP contribution in [0.5, 0.6) is 11.5 Å². The second kappa shape index (κ2) is 7.69. The lowest BCUT2D eigenvalue weighted by Gasteiger charge is -2.32. The first-order chi connectivity index (χ1) is 9.21. The summed E-state index contributed by atoms with van der Waals surface area (Å²) in [6.45, 7) is 0.536. The van der Waals surface area contributed by atoms with E-state index >= 15 is 0 Å². The molecule has 1 aromatic rings. The molecule has 0 fully saturated rings. The molecule has 0 radical (unpaired) electrons. The monoisotopic (exact) mass is 303 g/mol. The van der Waals surface area contributed by atoms with Gasteiger partial charge in [-0.3, -0.25) is 0 Å². The van der Waals surface area contributed by atoms with E-state index in [1.807, 2.05) is 12.1 Å². The molecular weight excluding hydrogens is 282 g/mol. The Morgan fingerprint density at radius 2 is 1.70 bits per heavy atom. The second-order valence-corrected chi connectivity index (χ2v) is 4.69. The first kappa shape index (κ1) is 17.0. The van der Waals surface area contributed by atoms with Crippen LogP contribution in [0.4, 0.5) is 0 Å². The van der Waals surface area contributed by atoms with Gasteiger partial charge in [0.15, 0.2) is 0 Å². The minimum atomic E-state index is -0.486. The van der Waals surface area contributed by atoms with Gasteiger partial charge in [-0.25, -0.2) is 0 Å². The smallest absolute Gasteiger partial charge is 0.122 e. The molecule has 0 saturated carbocycles. The molecule has 0 amide bonds. The normalized spacial score (nSPS) is 20.8. The van der Waals surface area contributed by atoms with Gasteiger partial charge < -0.3 is 25.0 Å². The Bertz CT molecular complexity index is 441. The maximum absolute atomic E-state index is 10.2. The van der Waals surface area contributed by atoms with E-state index < -0.39 is 6.10 Å². The van der Waals surface area contributed by atoms with Crippen molar-refractivity contribution in [1.29, 1.82) is 0 Å². The molecule has 0 heterocycles. The van der Waals surface area contributed by atoms with Crippen molar-refractivity contribution in [3.8, 4) is 11.5 Å². The fourth-order valence-electron chi connectivity index (χ4n) is 2.65. The number of aliphatic hydroxyl groups is 2. The molecule has 1 aliphatic rings. The topological polar surface area (TPSA) is 71.0 Å². The summed E-state index contributed by atoms with van der Waals surface area (Å²) in [7, 11) is 3.27. The van der Waals surface area contributed by atoms with Crippen molar-refractivity contribution < 1.29 is 19.7 Å². The van der Waals surface area contributed by atoms with Crippen LogP contribution in [0.15, 0.2) is 12.1 Å². The number of hydrogen-bond donors (Lipinski definition) is 3. The van der Waals surface area contributed by atoms with Crippen LogP contribution >= 0.6 is 12.4 Å². The summed E-state index contributed by atoms with van der Waals surface area (Å²) in [6.07, 6.45) is 0.704. The standard InChI is InChI=1S/C14H21NO4.ClH/c1-18-13-3-4-14(19-2)10-8-12(17)11(7-9(10)13)15-5-6-16;/h3-4,11-12,15-17H,5-8H2,1-2H3;1H/t11-,12-;/m0./s1. The lowest BCUT2D eigenvalue weighted by molar-refractivity contribution is 0.114. The molecule has 0 aromatic heterocycles. The zero-order chi connectivity index (χ0) is 13.8. The van der Waals surface area contributed by atoms with Crippen molar-refractivity contribution in [3.05, 3.63) is 23.3 Å². The first-order valence-corrected chi connectivity index (χ1v) is 6.46. The van der Waals surface area contributed by atoms with Crippen molar-refractivity contribution in [2.45, 2.75) is 25.0 Å². The van der Waals surface area contributed by atoms with Crippen LogP contribution in [0, 0.1) is 0 Å². The van der Waals surface area contributed by atoms with Crippen molar-refractivity contribution in [2.75, 3.05) is 27.4 Å². The van der Waals surface area contributed by atoms with E-state index in [1.54, 1.807) is 14.2 Å². The number of halogens is 1. The van der Waals surface area contributed by atoms with Gasteiger partial charge in [0.2, 0.25) is 0 Å². The molecule has 2 rings (SSSR count).